The number of hydrogen-bond acceptors (Lipinski definition) is 8. The summed E-state index contributed by atoms with van der Waals surface area (Å²) in [7, 11) is 0. The van der Waals surface area contributed by atoms with Gasteiger partial charge in [0, 0.05) is 42.0 Å². The molecule has 33 heavy (non-hydrogen) atoms. The molecule has 11 heteroatoms. The largest absolute Gasteiger partial charge is 0.322 e. The van der Waals surface area contributed by atoms with E-state index >= 15 is 0 Å². The maximum Gasteiger partial charge on any atom is 0.260 e. The van der Waals surface area contributed by atoms with Crippen LogP contribution in [0, 0.1) is 13.8 Å². The van der Waals surface area contributed by atoms with Crippen LogP contribution in [0.3, 0.4) is 0 Å². The first-order valence-corrected chi connectivity index (χ1v) is 12.5. The first-order chi connectivity index (χ1) is 16.0. The summed E-state index contributed by atoms with van der Waals surface area (Å²) in [6.07, 6.45) is 0. The Morgan fingerprint density at radius 2 is 1.97 bits per heavy atom. The molecule has 3 N–H and O–H groups in total. The zero-order valence-corrected chi connectivity index (χ0v) is 20.1. The van der Waals surface area contributed by atoms with Gasteiger partial charge in [-0.15, -0.1) is 22.7 Å². The van der Waals surface area contributed by atoms with Crippen LogP contribution >= 0.6 is 22.7 Å². The Kier molecular flexibility index (Phi) is 6.11. The first kappa shape index (κ1) is 22.0. The van der Waals surface area contributed by atoms with Gasteiger partial charge in [0.05, 0.1) is 35.6 Å². The van der Waals surface area contributed by atoms with Crippen LogP contribution in [0.1, 0.15) is 17.2 Å². The van der Waals surface area contributed by atoms with Gasteiger partial charge in [-0.25, -0.2) is 4.98 Å². The third-order valence-corrected chi connectivity index (χ3v) is 7.65. The summed E-state index contributed by atoms with van der Waals surface area (Å²) in [5, 5.41) is 14.7. The van der Waals surface area contributed by atoms with Crippen molar-refractivity contribution in [2.75, 3.05) is 38.0 Å². The molecule has 172 valence electrons. The number of thiophene rings is 2. The average Bonchev–Trinajstić information content (AvgIpc) is 3.52. The van der Waals surface area contributed by atoms with E-state index in [1.807, 2.05) is 36.7 Å². The van der Waals surface area contributed by atoms with E-state index in [2.05, 4.69) is 30.3 Å². The van der Waals surface area contributed by atoms with Crippen molar-refractivity contribution >= 4 is 44.5 Å². The molecule has 0 radical (unpaired) electrons. The van der Waals surface area contributed by atoms with Gasteiger partial charge in [-0.1, -0.05) is 6.07 Å². The molecule has 5 rings (SSSR count). The minimum atomic E-state index is -0.0835. The number of fused-ring (bicyclic) bond motifs is 1. The Hall–Kier alpha value is -2.86. The minimum Gasteiger partial charge on any atom is -0.322 e. The molecule has 9 nitrogen and oxygen atoms in total. The summed E-state index contributed by atoms with van der Waals surface area (Å²) in [5.74, 6) is 0.649. The molecule has 0 atom stereocenters. The molecule has 0 bridgehead atoms. The summed E-state index contributed by atoms with van der Waals surface area (Å²) in [6.45, 7) is 7.88. The number of aromatic amines is 2. The topological polar surface area (TPSA) is 110 Å². The van der Waals surface area contributed by atoms with Gasteiger partial charge in [-0.3, -0.25) is 24.5 Å². The van der Waals surface area contributed by atoms with E-state index in [-0.39, 0.29) is 11.5 Å². The van der Waals surface area contributed by atoms with Crippen LogP contribution in [-0.2, 0) is 11.3 Å². The van der Waals surface area contributed by atoms with Crippen LogP contribution in [0.2, 0.25) is 0 Å². The highest BCUT2D eigenvalue weighted by Crippen LogP contribution is 2.33. The Balaban J connectivity index is 1.18. The van der Waals surface area contributed by atoms with Crippen LogP contribution < -0.4 is 10.9 Å². The van der Waals surface area contributed by atoms with Crippen molar-refractivity contribution < 1.29 is 4.79 Å². The molecule has 1 fully saturated rings. The first-order valence-electron chi connectivity index (χ1n) is 10.8. The van der Waals surface area contributed by atoms with Gasteiger partial charge in [0.2, 0.25) is 5.91 Å². The number of piperazine rings is 1. The standard InChI is InChI=1S/C22H25N7O2S2/c1-13-20(14(2)27-26-13)25-18(30)11-29-7-5-28(6-8-29)10-17-23-21(31)19-15(12-33-22(19)24-17)16-4-3-9-32-16/h3-4,9,12H,5-8,10-11H2,1-2H3,(H,25,30)(H,26,27)(H,23,24,31). The fourth-order valence-corrected chi connectivity index (χ4v) is 5.90. The Labute approximate surface area is 198 Å². The lowest BCUT2D eigenvalue weighted by atomic mass is 10.2. The highest BCUT2D eigenvalue weighted by molar-refractivity contribution is 7.18. The van der Waals surface area contributed by atoms with Crippen molar-refractivity contribution in [2.24, 2.45) is 0 Å². The molecule has 1 aliphatic rings. The molecule has 0 aliphatic carbocycles. The van der Waals surface area contributed by atoms with E-state index < -0.39 is 0 Å². The van der Waals surface area contributed by atoms with Crippen molar-refractivity contribution in [1.82, 2.24) is 30.0 Å². The van der Waals surface area contributed by atoms with Crippen molar-refractivity contribution in [3.8, 4) is 10.4 Å². The van der Waals surface area contributed by atoms with E-state index in [9.17, 15) is 9.59 Å². The number of hydrogen-bond donors (Lipinski definition) is 3. The number of aryl methyl sites for hydroxylation is 2. The van der Waals surface area contributed by atoms with Gasteiger partial charge in [-0.05, 0) is 25.3 Å². The smallest absolute Gasteiger partial charge is 0.260 e. The summed E-state index contributed by atoms with van der Waals surface area (Å²) >= 11 is 3.13. The highest BCUT2D eigenvalue weighted by Gasteiger charge is 2.21. The van der Waals surface area contributed by atoms with Crippen molar-refractivity contribution in [3.05, 3.63) is 50.5 Å². The molecular weight excluding hydrogens is 458 g/mol. The predicted octanol–water partition coefficient (Wildman–Crippen LogP) is 2.81. The minimum absolute atomic E-state index is 0.0354. The van der Waals surface area contributed by atoms with Gasteiger partial charge >= 0.3 is 0 Å². The summed E-state index contributed by atoms with van der Waals surface area (Å²) in [4.78, 5) is 39.2. The molecular formula is C22H25N7O2S2. The highest BCUT2D eigenvalue weighted by atomic mass is 32.1. The summed E-state index contributed by atoms with van der Waals surface area (Å²) in [6, 6.07) is 4.01. The van der Waals surface area contributed by atoms with Crippen LogP contribution in [-0.4, -0.2) is 68.6 Å². The molecule has 0 saturated carbocycles. The number of aromatic nitrogens is 4. The molecule has 0 unspecified atom stereocenters. The number of nitrogens with zero attached hydrogens (tertiary/aromatic N) is 4. The molecule has 4 aromatic heterocycles. The van der Waals surface area contributed by atoms with E-state index in [0.29, 0.717) is 24.3 Å². The van der Waals surface area contributed by atoms with Gasteiger partial charge in [0.1, 0.15) is 10.7 Å². The van der Waals surface area contributed by atoms with E-state index in [1.165, 1.54) is 11.3 Å². The average molecular weight is 484 g/mol. The van der Waals surface area contributed by atoms with Crippen LogP contribution in [0.15, 0.2) is 27.7 Å². The maximum absolute atomic E-state index is 12.8. The van der Waals surface area contributed by atoms with Crippen molar-refractivity contribution in [1.29, 1.82) is 0 Å². The molecule has 1 saturated heterocycles. The second kappa shape index (κ2) is 9.18. The Morgan fingerprint density at radius 1 is 1.18 bits per heavy atom. The number of nitrogens with one attached hydrogen (secondary N) is 3. The van der Waals surface area contributed by atoms with E-state index in [4.69, 9.17) is 4.98 Å². The van der Waals surface area contributed by atoms with Gasteiger partial charge in [0.25, 0.3) is 5.56 Å². The lowest BCUT2D eigenvalue weighted by molar-refractivity contribution is -0.117. The van der Waals surface area contributed by atoms with Crippen LogP contribution in [0.5, 0.6) is 0 Å². The zero-order chi connectivity index (χ0) is 22.9. The van der Waals surface area contributed by atoms with Crippen molar-refractivity contribution in [3.63, 3.8) is 0 Å². The van der Waals surface area contributed by atoms with Crippen molar-refractivity contribution in [2.45, 2.75) is 20.4 Å². The van der Waals surface area contributed by atoms with Gasteiger partial charge in [-0.2, -0.15) is 5.10 Å². The van der Waals surface area contributed by atoms with Gasteiger partial charge < -0.3 is 10.3 Å². The number of carbonyl (C=O) groups excluding carboxylic acids is 1. The van der Waals surface area contributed by atoms with Crippen LogP contribution in [0.4, 0.5) is 5.69 Å². The molecule has 1 aliphatic heterocycles. The Bertz CT molecular complexity index is 1310. The second-order valence-electron chi connectivity index (χ2n) is 8.23. The number of anilines is 1. The third kappa shape index (κ3) is 4.62. The molecule has 0 aromatic carbocycles. The third-order valence-electron chi connectivity index (χ3n) is 5.88. The number of amides is 1. The SMILES string of the molecule is Cc1n[nH]c(C)c1NC(=O)CN1CCN(Cc2nc3scc(-c4cccs4)c3c(=O)[nH]2)CC1. The normalized spacial score (nSPS) is 15.3. The number of carbonyl (C=O) groups is 1. The molecule has 0 spiro atoms. The lowest BCUT2D eigenvalue weighted by Crippen LogP contribution is -2.48. The monoisotopic (exact) mass is 483 g/mol. The van der Waals surface area contributed by atoms with Crippen LogP contribution in [0.25, 0.3) is 20.7 Å². The summed E-state index contributed by atoms with van der Waals surface area (Å²) in [5.41, 5.74) is 3.28. The molecule has 5 heterocycles. The summed E-state index contributed by atoms with van der Waals surface area (Å²) < 4.78 is 0. The zero-order valence-electron chi connectivity index (χ0n) is 18.5. The number of rotatable bonds is 6. The van der Waals surface area contributed by atoms with E-state index in [1.54, 1.807) is 11.3 Å². The van der Waals surface area contributed by atoms with Gasteiger partial charge in [0.15, 0.2) is 0 Å². The molecule has 1 amide bonds. The fraction of sp³-hybridized carbons (Fsp3) is 0.364. The maximum atomic E-state index is 12.8. The fourth-order valence-electron chi connectivity index (χ4n) is 4.12. The quantitative estimate of drug-likeness (QED) is 0.389. The number of H-pyrrole nitrogens is 2. The Morgan fingerprint density at radius 3 is 2.67 bits per heavy atom. The lowest BCUT2D eigenvalue weighted by Gasteiger charge is -2.33. The van der Waals surface area contributed by atoms with E-state index in [0.717, 1.165) is 58.5 Å². The second-order valence-corrected chi connectivity index (χ2v) is 10.0. The predicted molar refractivity (Wildman–Crippen MR) is 132 cm³/mol. The molecule has 4 aromatic rings.